The summed E-state index contributed by atoms with van der Waals surface area (Å²) >= 11 is 0. The monoisotopic (exact) mass is 356 g/mol. The lowest BCUT2D eigenvalue weighted by Gasteiger charge is -2.29. The number of carbonyl (C=O) groups excluding carboxylic acids is 1. The molecule has 1 aromatic heterocycles. The molecule has 138 valence electrons. The molecule has 1 N–H and O–H groups in total. The van der Waals surface area contributed by atoms with E-state index in [1.54, 1.807) is 17.0 Å². The Bertz CT molecular complexity index is 776. The molecule has 1 aromatic carbocycles. The lowest BCUT2D eigenvalue weighted by atomic mass is 10.1. The van der Waals surface area contributed by atoms with Gasteiger partial charge in [-0.05, 0) is 42.5 Å². The maximum Gasteiger partial charge on any atom is 0.318 e. The molecule has 2 amide bonds. The number of benzene rings is 1. The number of halogens is 1. The largest absolute Gasteiger partial charge is 0.331 e. The highest BCUT2D eigenvalue weighted by Gasteiger charge is 2.23. The molecule has 0 fully saturated rings. The van der Waals surface area contributed by atoms with Crippen LogP contribution in [0.2, 0.25) is 0 Å². The van der Waals surface area contributed by atoms with E-state index in [1.165, 1.54) is 12.1 Å². The normalized spacial score (nSPS) is 14.9. The first-order chi connectivity index (χ1) is 12.4. The molecular formula is C20H25FN4O. The summed E-state index contributed by atoms with van der Waals surface area (Å²) in [6.07, 6.45) is 3.49. The molecule has 0 radical (unpaired) electrons. The number of carbonyl (C=O) groups is 1. The van der Waals surface area contributed by atoms with E-state index in [0.29, 0.717) is 19.0 Å². The third kappa shape index (κ3) is 4.36. The van der Waals surface area contributed by atoms with Gasteiger partial charge in [0.1, 0.15) is 11.6 Å². The first-order valence-corrected chi connectivity index (χ1v) is 9.07. The van der Waals surface area contributed by atoms with Crippen molar-refractivity contribution in [2.45, 2.75) is 46.2 Å². The summed E-state index contributed by atoms with van der Waals surface area (Å²) < 4.78 is 13.0. The summed E-state index contributed by atoms with van der Waals surface area (Å²) in [6, 6.07) is 5.88. The summed E-state index contributed by atoms with van der Waals surface area (Å²) in [5, 5.41) is 2.98. The standard InChI is InChI=1S/C20H25FN4O/c1-13(2)10-19-22-11-16-8-9-25(12-18(16)24-19)20(26)23-14(3)15-4-6-17(21)7-5-15/h4-7,11,13-14H,8-10,12H2,1-3H3,(H,23,26)/t14-/m1/s1. The predicted octanol–water partition coefficient (Wildman–Crippen LogP) is 3.64. The Hall–Kier alpha value is -2.50. The summed E-state index contributed by atoms with van der Waals surface area (Å²) in [4.78, 5) is 23.5. The van der Waals surface area contributed by atoms with Gasteiger partial charge in [0, 0.05) is 19.2 Å². The van der Waals surface area contributed by atoms with Crippen LogP contribution >= 0.6 is 0 Å². The Balaban J connectivity index is 1.65. The number of aromatic nitrogens is 2. The molecular weight excluding hydrogens is 331 g/mol. The van der Waals surface area contributed by atoms with Crippen molar-refractivity contribution in [2.75, 3.05) is 6.54 Å². The zero-order valence-corrected chi connectivity index (χ0v) is 15.5. The molecule has 26 heavy (non-hydrogen) atoms. The van der Waals surface area contributed by atoms with Crippen LogP contribution < -0.4 is 5.32 Å². The van der Waals surface area contributed by atoms with Crippen LogP contribution in [0.5, 0.6) is 0 Å². The van der Waals surface area contributed by atoms with E-state index in [2.05, 4.69) is 29.1 Å². The van der Waals surface area contributed by atoms with E-state index < -0.39 is 0 Å². The zero-order chi connectivity index (χ0) is 18.7. The summed E-state index contributed by atoms with van der Waals surface area (Å²) in [5.74, 6) is 1.05. The van der Waals surface area contributed by atoms with E-state index in [0.717, 1.165) is 35.5 Å². The zero-order valence-electron chi connectivity index (χ0n) is 15.5. The van der Waals surface area contributed by atoms with Gasteiger partial charge in [0.2, 0.25) is 0 Å². The Morgan fingerprint density at radius 3 is 2.69 bits per heavy atom. The van der Waals surface area contributed by atoms with Crippen molar-refractivity contribution in [3.63, 3.8) is 0 Å². The number of rotatable bonds is 4. The van der Waals surface area contributed by atoms with Crippen molar-refractivity contribution < 1.29 is 9.18 Å². The molecule has 2 heterocycles. The van der Waals surface area contributed by atoms with Gasteiger partial charge >= 0.3 is 6.03 Å². The number of nitrogens with one attached hydrogen (secondary N) is 1. The van der Waals surface area contributed by atoms with Gasteiger partial charge in [0.05, 0.1) is 18.3 Å². The molecule has 0 unspecified atom stereocenters. The maximum atomic E-state index is 13.0. The molecule has 0 saturated heterocycles. The van der Waals surface area contributed by atoms with E-state index >= 15 is 0 Å². The Morgan fingerprint density at radius 2 is 2.00 bits per heavy atom. The van der Waals surface area contributed by atoms with Crippen LogP contribution in [-0.2, 0) is 19.4 Å². The minimum atomic E-state index is -0.281. The quantitative estimate of drug-likeness (QED) is 0.910. The third-order valence-corrected chi connectivity index (χ3v) is 4.58. The molecule has 1 atom stereocenters. The highest BCUT2D eigenvalue weighted by molar-refractivity contribution is 5.75. The second kappa shape index (κ2) is 7.81. The predicted molar refractivity (Wildman–Crippen MR) is 98.0 cm³/mol. The smallest absolute Gasteiger partial charge is 0.318 e. The number of amides is 2. The number of urea groups is 1. The third-order valence-electron chi connectivity index (χ3n) is 4.58. The summed E-state index contributed by atoms with van der Waals surface area (Å²) in [7, 11) is 0. The van der Waals surface area contributed by atoms with Crippen LogP contribution in [0.25, 0.3) is 0 Å². The molecule has 5 nitrogen and oxygen atoms in total. The SMILES string of the molecule is CC(C)Cc1ncc2c(n1)CN(C(=O)N[C@H](C)c1ccc(F)cc1)CC2. The molecule has 0 saturated carbocycles. The van der Waals surface area contributed by atoms with Crippen LogP contribution in [0.1, 0.15) is 49.5 Å². The van der Waals surface area contributed by atoms with Gasteiger partial charge in [-0.15, -0.1) is 0 Å². The average molecular weight is 356 g/mol. The van der Waals surface area contributed by atoms with Gasteiger partial charge in [-0.25, -0.2) is 19.2 Å². The Labute approximate surface area is 153 Å². The fourth-order valence-electron chi connectivity index (χ4n) is 3.09. The van der Waals surface area contributed by atoms with Crippen LogP contribution in [0.4, 0.5) is 9.18 Å². The second-order valence-electron chi connectivity index (χ2n) is 7.25. The average Bonchev–Trinajstić information content (AvgIpc) is 2.61. The van der Waals surface area contributed by atoms with Gasteiger partial charge in [-0.2, -0.15) is 0 Å². The van der Waals surface area contributed by atoms with E-state index in [-0.39, 0.29) is 17.9 Å². The van der Waals surface area contributed by atoms with Gasteiger partial charge in [-0.1, -0.05) is 26.0 Å². The van der Waals surface area contributed by atoms with Crippen molar-refractivity contribution in [2.24, 2.45) is 5.92 Å². The lowest BCUT2D eigenvalue weighted by Crippen LogP contribution is -2.44. The minimum Gasteiger partial charge on any atom is -0.331 e. The number of hydrogen-bond donors (Lipinski definition) is 1. The molecule has 0 spiro atoms. The molecule has 3 rings (SSSR count). The first-order valence-electron chi connectivity index (χ1n) is 9.07. The highest BCUT2D eigenvalue weighted by Crippen LogP contribution is 2.19. The lowest BCUT2D eigenvalue weighted by molar-refractivity contribution is 0.188. The molecule has 1 aliphatic rings. The van der Waals surface area contributed by atoms with E-state index in [9.17, 15) is 9.18 Å². The van der Waals surface area contributed by atoms with Gasteiger partial charge < -0.3 is 10.2 Å². The molecule has 6 heteroatoms. The fourth-order valence-corrected chi connectivity index (χ4v) is 3.09. The van der Waals surface area contributed by atoms with Crippen LogP contribution in [0.3, 0.4) is 0 Å². The van der Waals surface area contributed by atoms with Crippen molar-refractivity contribution in [1.82, 2.24) is 20.2 Å². The van der Waals surface area contributed by atoms with E-state index in [4.69, 9.17) is 0 Å². The maximum absolute atomic E-state index is 13.0. The Kier molecular flexibility index (Phi) is 5.49. The van der Waals surface area contributed by atoms with Gasteiger partial charge in [0.25, 0.3) is 0 Å². The Morgan fingerprint density at radius 1 is 1.27 bits per heavy atom. The van der Waals surface area contributed by atoms with Crippen LogP contribution in [0.15, 0.2) is 30.5 Å². The van der Waals surface area contributed by atoms with Crippen molar-refractivity contribution in [3.8, 4) is 0 Å². The van der Waals surface area contributed by atoms with Crippen LogP contribution in [-0.4, -0.2) is 27.4 Å². The number of fused-ring (bicyclic) bond motifs is 1. The van der Waals surface area contributed by atoms with Crippen molar-refractivity contribution in [1.29, 1.82) is 0 Å². The minimum absolute atomic E-state index is 0.128. The number of nitrogens with zero attached hydrogens (tertiary/aromatic N) is 3. The van der Waals surface area contributed by atoms with Gasteiger partial charge in [0.15, 0.2) is 0 Å². The second-order valence-corrected chi connectivity index (χ2v) is 7.25. The first kappa shape index (κ1) is 18.3. The number of hydrogen-bond acceptors (Lipinski definition) is 3. The molecule has 2 aromatic rings. The van der Waals surface area contributed by atoms with Gasteiger partial charge in [-0.3, -0.25) is 0 Å². The molecule has 1 aliphatic heterocycles. The van der Waals surface area contributed by atoms with Crippen molar-refractivity contribution >= 4 is 6.03 Å². The summed E-state index contributed by atoms with van der Waals surface area (Å²) in [5.41, 5.74) is 2.93. The fraction of sp³-hybridized carbons (Fsp3) is 0.450. The molecule has 0 aliphatic carbocycles. The van der Waals surface area contributed by atoms with Crippen LogP contribution in [0, 0.1) is 11.7 Å². The summed E-state index contributed by atoms with van der Waals surface area (Å²) in [6.45, 7) is 7.30. The topological polar surface area (TPSA) is 58.1 Å². The molecule has 0 bridgehead atoms. The van der Waals surface area contributed by atoms with Crippen molar-refractivity contribution in [3.05, 3.63) is 58.9 Å². The highest BCUT2D eigenvalue weighted by atomic mass is 19.1. The van der Waals surface area contributed by atoms with E-state index in [1.807, 2.05) is 13.1 Å².